The number of hydrogen-bond donors (Lipinski definition) is 3. The van der Waals surface area contributed by atoms with Crippen LogP contribution in [0.2, 0.25) is 0 Å². The van der Waals surface area contributed by atoms with Gasteiger partial charge in [0.1, 0.15) is 11.8 Å². The van der Waals surface area contributed by atoms with Crippen molar-refractivity contribution in [1.29, 1.82) is 0 Å². The highest BCUT2D eigenvalue weighted by atomic mass is 16.5. The molecule has 0 aliphatic rings. The molecule has 0 bridgehead atoms. The van der Waals surface area contributed by atoms with Crippen LogP contribution in [0.3, 0.4) is 0 Å². The van der Waals surface area contributed by atoms with Crippen LogP contribution in [0.5, 0.6) is 5.75 Å². The van der Waals surface area contributed by atoms with Crippen LogP contribution >= 0.6 is 0 Å². The zero-order valence-corrected chi connectivity index (χ0v) is 29.0. The Kier molecular flexibility index (Phi) is 13.4. The van der Waals surface area contributed by atoms with Gasteiger partial charge in [-0.25, -0.2) is 9.97 Å². The highest BCUT2D eigenvalue weighted by Crippen LogP contribution is 2.24. The van der Waals surface area contributed by atoms with Gasteiger partial charge in [-0.3, -0.25) is 14.4 Å². The molecule has 0 fully saturated rings. The smallest absolute Gasteiger partial charge is 0.305 e. The normalized spacial score (nSPS) is 11.8. The number of hydrogen-bond acceptors (Lipinski definition) is 6. The first-order valence-corrected chi connectivity index (χ1v) is 17.1. The maximum Gasteiger partial charge on any atom is 0.305 e. The molecule has 0 spiro atoms. The van der Waals surface area contributed by atoms with E-state index in [9.17, 15) is 14.4 Å². The molecule has 1 heterocycles. The van der Waals surface area contributed by atoms with E-state index in [-0.39, 0.29) is 30.7 Å². The molecule has 49 heavy (non-hydrogen) atoms. The third-order valence-electron chi connectivity index (χ3n) is 8.28. The number of carbonyl (C=O) groups excluding carboxylic acids is 2. The molecule has 0 saturated carbocycles. The van der Waals surface area contributed by atoms with Gasteiger partial charge in [0.2, 0.25) is 5.91 Å². The lowest BCUT2D eigenvalue weighted by Crippen LogP contribution is -2.48. The summed E-state index contributed by atoms with van der Waals surface area (Å²) in [7, 11) is 0. The third kappa shape index (κ3) is 11.6. The van der Waals surface area contributed by atoms with E-state index in [0.717, 1.165) is 46.6 Å². The Morgan fingerprint density at radius 1 is 0.796 bits per heavy atom. The Morgan fingerprint density at radius 2 is 1.43 bits per heavy atom. The number of ether oxygens (including phenoxy) is 1. The number of nitrogens with zero attached hydrogens (tertiary/aromatic N) is 2. The second-order valence-electron chi connectivity index (χ2n) is 13.3. The Labute approximate surface area is 289 Å². The van der Waals surface area contributed by atoms with Crippen LogP contribution in [-0.4, -0.2) is 52.1 Å². The molecule has 0 aliphatic carbocycles. The number of aliphatic carboxylic acids is 1. The van der Waals surface area contributed by atoms with Crippen molar-refractivity contribution in [3.05, 3.63) is 102 Å². The minimum atomic E-state index is -1.02. The molecule has 4 rings (SSSR count). The van der Waals surface area contributed by atoms with Crippen LogP contribution in [-0.2, 0) is 21.4 Å². The van der Waals surface area contributed by atoms with Crippen LogP contribution in [0.15, 0.2) is 85.2 Å². The van der Waals surface area contributed by atoms with Crippen molar-refractivity contribution in [2.75, 3.05) is 13.2 Å². The number of unbranched alkanes of at least 4 members (excludes halogenated alkanes) is 4. The molecule has 0 aliphatic heterocycles. The molecule has 0 radical (unpaired) electrons. The average Bonchev–Trinajstić information content (AvgIpc) is 3.09. The average molecular weight is 665 g/mol. The number of benzene rings is 3. The van der Waals surface area contributed by atoms with Crippen LogP contribution in [0.25, 0.3) is 22.5 Å². The monoisotopic (exact) mass is 664 g/mol. The second kappa shape index (κ2) is 17.9. The van der Waals surface area contributed by atoms with Crippen LogP contribution in [0.4, 0.5) is 0 Å². The van der Waals surface area contributed by atoms with Gasteiger partial charge >= 0.3 is 5.97 Å². The van der Waals surface area contributed by atoms with Gasteiger partial charge in [-0.05, 0) is 52.8 Å². The Hall–Kier alpha value is -5.05. The maximum atomic E-state index is 13.2. The van der Waals surface area contributed by atoms with E-state index in [1.165, 1.54) is 25.7 Å². The highest BCUT2D eigenvalue weighted by Gasteiger charge is 2.23. The van der Waals surface area contributed by atoms with E-state index in [4.69, 9.17) is 9.84 Å². The predicted octanol–water partition coefficient (Wildman–Crippen LogP) is 7.39. The summed E-state index contributed by atoms with van der Waals surface area (Å²) in [6.45, 7) is 9.19. The van der Waals surface area contributed by atoms with E-state index < -0.39 is 17.9 Å². The first kappa shape index (κ1) is 36.8. The molecule has 9 heteroatoms. The summed E-state index contributed by atoms with van der Waals surface area (Å²) < 4.78 is 5.88. The topological polar surface area (TPSA) is 131 Å². The first-order chi connectivity index (χ1) is 23.5. The summed E-state index contributed by atoms with van der Waals surface area (Å²) in [6.07, 6.45) is 9.60. The van der Waals surface area contributed by atoms with Gasteiger partial charge in [0.25, 0.3) is 5.91 Å². The molecule has 0 unspecified atom stereocenters. The van der Waals surface area contributed by atoms with Crippen molar-refractivity contribution in [1.82, 2.24) is 20.6 Å². The number of amides is 2. The minimum Gasteiger partial charge on any atom is -0.494 e. The Bertz CT molecular complexity index is 1650. The van der Waals surface area contributed by atoms with Gasteiger partial charge in [0.05, 0.1) is 13.0 Å². The lowest BCUT2D eigenvalue weighted by molar-refractivity contribution is -0.137. The molecule has 4 aromatic rings. The van der Waals surface area contributed by atoms with Gasteiger partial charge in [-0.1, -0.05) is 102 Å². The number of rotatable bonds is 17. The summed E-state index contributed by atoms with van der Waals surface area (Å²) in [5, 5.41) is 14.5. The molecular weight excluding hydrogens is 616 g/mol. The van der Waals surface area contributed by atoms with E-state index in [0.29, 0.717) is 11.4 Å². The number of carboxylic acid groups (broad SMARTS) is 1. The summed E-state index contributed by atoms with van der Waals surface area (Å²) in [5.74, 6) is -0.439. The molecule has 258 valence electrons. The highest BCUT2D eigenvalue weighted by molar-refractivity contribution is 5.97. The van der Waals surface area contributed by atoms with Crippen LogP contribution < -0.4 is 15.4 Å². The van der Waals surface area contributed by atoms with Crippen molar-refractivity contribution in [2.45, 2.75) is 84.1 Å². The summed E-state index contributed by atoms with van der Waals surface area (Å²) >= 11 is 0. The van der Waals surface area contributed by atoms with Crippen molar-refractivity contribution in [2.24, 2.45) is 0 Å². The lowest BCUT2D eigenvalue weighted by Gasteiger charge is -2.20. The first-order valence-electron chi connectivity index (χ1n) is 17.1. The zero-order valence-electron chi connectivity index (χ0n) is 29.0. The maximum absolute atomic E-state index is 13.2. The summed E-state index contributed by atoms with van der Waals surface area (Å²) in [6, 6.07) is 21.9. The van der Waals surface area contributed by atoms with Crippen LogP contribution in [0, 0.1) is 0 Å². The second-order valence-corrected chi connectivity index (χ2v) is 13.3. The van der Waals surface area contributed by atoms with Crippen molar-refractivity contribution in [3.63, 3.8) is 0 Å². The minimum absolute atomic E-state index is 0.0375. The third-order valence-corrected chi connectivity index (χ3v) is 8.28. The number of carboxylic acids is 1. The van der Waals surface area contributed by atoms with Crippen molar-refractivity contribution < 1.29 is 24.2 Å². The van der Waals surface area contributed by atoms with E-state index in [2.05, 4.69) is 48.3 Å². The molecular formula is C40H48N4O5. The molecule has 0 saturated heterocycles. The van der Waals surface area contributed by atoms with Gasteiger partial charge in [-0.15, -0.1) is 0 Å². The SMILES string of the molecule is CCCCCCCOc1ccc(-c2cnc(-c3ccc(C[C@H](NC(=O)c4ccc(C(C)(C)C)cc4)C(=O)NCCC(=O)O)cc3)nc2)cc1. The summed E-state index contributed by atoms with van der Waals surface area (Å²) in [4.78, 5) is 46.4. The van der Waals surface area contributed by atoms with Crippen LogP contribution in [0.1, 0.15) is 87.7 Å². The van der Waals surface area contributed by atoms with E-state index >= 15 is 0 Å². The standard InChI is InChI=1S/C40H48N4O5/c1-5-6-7-8-9-24-49-34-20-16-29(17-21-34)32-26-42-37(43-27-32)30-12-10-28(11-13-30)25-35(39(48)41-23-22-36(45)46)44-38(47)31-14-18-33(19-15-31)40(2,3)4/h10-21,26-27,35H,5-9,22-25H2,1-4H3,(H,41,48)(H,44,47)(H,45,46)/t35-/m0/s1. The van der Waals surface area contributed by atoms with E-state index in [1.54, 1.807) is 24.5 Å². The van der Waals surface area contributed by atoms with Gasteiger partial charge in [0.15, 0.2) is 5.82 Å². The molecule has 9 nitrogen and oxygen atoms in total. The predicted molar refractivity (Wildman–Crippen MR) is 193 cm³/mol. The fourth-order valence-corrected chi connectivity index (χ4v) is 5.28. The molecule has 1 aromatic heterocycles. The van der Waals surface area contributed by atoms with Crippen molar-refractivity contribution >= 4 is 17.8 Å². The Morgan fingerprint density at radius 3 is 2.04 bits per heavy atom. The molecule has 3 aromatic carbocycles. The number of aromatic nitrogens is 2. The largest absolute Gasteiger partial charge is 0.494 e. The fourth-order valence-electron chi connectivity index (χ4n) is 5.28. The summed E-state index contributed by atoms with van der Waals surface area (Å²) in [5.41, 5.74) is 4.98. The number of nitrogens with one attached hydrogen (secondary N) is 2. The quantitative estimate of drug-likeness (QED) is 0.100. The lowest BCUT2D eigenvalue weighted by atomic mass is 9.86. The molecule has 2 amide bonds. The molecule has 3 N–H and O–H groups in total. The molecule has 1 atom stereocenters. The number of carbonyl (C=O) groups is 3. The van der Waals surface area contributed by atoms with Gasteiger partial charge in [-0.2, -0.15) is 0 Å². The van der Waals surface area contributed by atoms with Gasteiger partial charge < -0.3 is 20.5 Å². The van der Waals surface area contributed by atoms with E-state index in [1.807, 2.05) is 60.7 Å². The van der Waals surface area contributed by atoms with Gasteiger partial charge in [0, 0.05) is 42.0 Å². The fraction of sp³-hybridized carbons (Fsp3) is 0.375. The van der Waals surface area contributed by atoms with Crippen molar-refractivity contribution in [3.8, 4) is 28.3 Å². The zero-order chi connectivity index (χ0) is 35.2. The Balaban J connectivity index is 1.38.